The molecular weight excluding hydrogens is 368 g/mol. The fourth-order valence-corrected chi connectivity index (χ4v) is 4.60. The quantitative estimate of drug-likeness (QED) is 0.696. The van der Waals surface area contributed by atoms with Gasteiger partial charge in [-0.05, 0) is 56.1 Å². The second-order valence-electron chi connectivity index (χ2n) is 7.02. The van der Waals surface area contributed by atoms with Crippen LogP contribution in [0.4, 0.5) is 0 Å². The van der Waals surface area contributed by atoms with E-state index in [1.54, 1.807) is 11.3 Å². The predicted molar refractivity (Wildman–Crippen MR) is 107 cm³/mol. The summed E-state index contributed by atoms with van der Waals surface area (Å²) in [4.78, 5) is 18.7. The molecule has 0 N–H and O–H groups in total. The summed E-state index contributed by atoms with van der Waals surface area (Å²) in [6.45, 7) is 4.18. The first-order valence-electron chi connectivity index (χ1n) is 8.84. The molecule has 0 fully saturated rings. The molecule has 0 radical (unpaired) electrons. The van der Waals surface area contributed by atoms with Gasteiger partial charge in [0.15, 0.2) is 0 Å². The highest BCUT2D eigenvalue weighted by Gasteiger charge is 2.34. The first-order chi connectivity index (χ1) is 12.5. The number of carbonyl (C=O) groups is 1. The molecule has 2 aromatic rings. The van der Waals surface area contributed by atoms with E-state index in [0.717, 1.165) is 25.1 Å². The van der Waals surface area contributed by atoms with Gasteiger partial charge in [-0.15, -0.1) is 11.3 Å². The lowest BCUT2D eigenvalue weighted by Crippen LogP contribution is -2.40. The van der Waals surface area contributed by atoms with E-state index in [-0.39, 0.29) is 12.1 Å². The van der Waals surface area contributed by atoms with Gasteiger partial charge in [0, 0.05) is 29.5 Å². The first kappa shape index (κ1) is 19.4. The summed E-state index contributed by atoms with van der Waals surface area (Å²) in [5, 5.41) is 2.72. The standard InChI is InChI=1S/C20H25ClN2O2S/c1-14(12-22(2)3)25-20(24)19(16-6-4-5-7-17(16)21)23-10-8-18-15(13-23)9-11-26-18/h4-7,9,11,14,19H,8,10,12-13H2,1-3H3/t14-,19?/m0/s1. The van der Waals surface area contributed by atoms with E-state index in [1.165, 1.54) is 10.4 Å². The summed E-state index contributed by atoms with van der Waals surface area (Å²) in [5.41, 5.74) is 2.11. The Bertz CT molecular complexity index is 762. The van der Waals surface area contributed by atoms with Crippen LogP contribution in [0.1, 0.15) is 29.0 Å². The maximum atomic E-state index is 13.1. The van der Waals surface area contributed by atoms with E-state index in [2.05, 4.69) is 16.3 Å². The molecule has 0 saturated heterocycles. The van der Waals surface area contributed by atoms with Crippen molar-refractivity contribution in [3.63, 3.8) is 0 Å². The summed E-state index contributed by atoms with van der Waals surface area (Å²) >= 11 is 8.23. The van der Waals surface area contributed by atoms with Crippen LogP contribution in [0.3, 0.4) is 0 Å². The van der Waals surface area contributed by atoms with E-state index in [0.29, 0.717) is 11.6 Å². The molecule has 0 aliphatic carbocycles. The summed E-state index contributed by atoms with van der Waals surface area (Å²) in [6, 6.07) is 9.23. The van der Waals surface area contributed by atoms with Crippen LogP contribution in [0.5, 0.6) is 0 Å². The fraction of sp³-hybridized carbons (Fsp3) is 0.450. The van der Waals surface area contributed by atoms with Gasteiger partial charge in [0.05, 0.1) is 0 Å². The number of carbonyl (C=O) groups excluding carboxylic acids is 1. The molecule has 1 unspecified atom stereocenters. The number of esters is 1. The molecule has 26 heavy (non-hydrogen) atoms. The van der Waals surface area contributed by atoms with Crippen LogP contribution in [0, 0.1) is 0 Å². The van der Waals surface area contributed by atoms with Crippen molar-refractivity contribution in [2.24, 2.45) is 0 Å². The van der Waals surface area contributed by atoms with Crippen molar-refractivity contribution in [2.45, 2.75) is 32.0 Å². The Morgan fingerprint density at radius 2 is 2.12 bits per heavy atom. The summed E-state index contributed by atoms with van der Waals surface area (Å²) in [7, 11) is 3.94. The van der Waals surface area contributed by atoms with E-state index in [9.17, 15) is 4.79 Å². The van der Waals surface area contributed by atoms with Crippen molar-refractivity contribution in [1.82, 2.24) is 9.80 Å². The molecule has 2 heterocycles. The maximum absolute atomic E-state index is 13.1. The number of halogens is 1. The lowest BCUT2D eigenvalue weighted by atomic mass is 10.0. The molecule has 0 amide bonds. The maximum Gasteiger partial charge on any atom is 0.328 e. The normalized spacial score (nSPS) is 17.0. The highest BCUT2D eigenvalue weighted by molar-refractivity contribution is 7.10. The Morgan fingerprint density at radius 3 is 2.85 bits per heavy atom. The third-order valence-electron chi connectivity index (χ3n) is 4.57. The van der Waals surface area contributed by atoms with E-state index >= 15 is 0 Å². The fourth-order valence-electron chi connectivity index (χ4n) is 3.47. The van der Waals surface area contributed by atoms with Gasteiger partial charge >= 0.3 is 5.97 Å². The zero-order valence-electron chi connectivity index (χ0n) is 15.4. The molecule has 6 heteroatoms. The van der Waals surface area contributed by atoms with Crippen molar-refractivity contribution in [3.05, 3.63) is 56.7 Å². The zero-order valence-corrected chi connectivity index (χ0v) is 17.0. The van der Waals surface area contributed by atoms with Crippen LogP contribution in [-0.2, 0) is 22.5 Å². The topological polar surface area (TPSA) is 32.8 Å². The second-order valence-corrected chi connectivity index (χ2v) is 8.43. The van der Waals surface area contributed by atoms with Gasteiger partial charge in [-0.3, -0.25) is 4.90 Å². The van der Waals surface area contributed by atoms with Crippen LogP contribution < -0.4 is 0 Å². The summed E-state index contributed by atoms with van der Waals surface area (Å²) in [6.07, 6.45) is 0.776. The Hall–Kier alpha value is -1.40. The van der Waals surface area contributed by atoms with Crippen molar-refractivity contribution in [1.29, 1.82) is 0 Å². The average Bonchev–Trinajstić information content (AvgIpc) is 3.03. The van der Waals surface area contributed by atoms with E-state index < -0.39 is 6.04 Å². The minimum absolute atomic E-state index is 0.177. The Labute approximate surface area is 164 Å². The average molecular weight is 393 g/mol. The van der Waals surface area contributed by atoms with Gasteiger partial charge in [0.25, 0.3) is 0 Å². The zero-order chi connectivity index (χ0) is 18.7. The molecule has 2 atom stereocenters. The SMILES string of the molecule is C[C@@H](CN(C)C)OC(=O)C(c1ccccc1Cl)N1CCc2sccc2C1. The third-order valence-corrected chi connectivity index (χ3v) is 5.93. The number of rotatable bonds is 6. The molecule has 1 aliphatic heterocycles. The minimum atomic E-state index is -0.485. The number of benzene rings is 1. The molecule has 1 aromatic carbocycles. The number of nitrogens with zero attached hydrogens (tertiary/aromatic N) is 2. The van der Waals surface area contributed by atoms with Crippen molar-refractivity contribution < 1.29 is 9.53 Å². The third kappa shape index (κ3) is 4.46. The van der Waals surface area contributed by atoms with Crippen molar-refractivity contribution in [2.75, 3.05) is 27.2 Å². The molecular formula is C20H25ClN2O2S. The van der Waals surface area contributed by atoms with Crippen LogP contribution in [0.25, 0.3) is 0 Å². The smallest absolute Gasteiger partial charge is 0.328 e. The lowest BCUT2D eigenvalue weighted by molar-refractivity contribution is -0.156. The van der Waals surface area contributed by atoms with Crippen LogP contribution in [0.15, 0.2) is 35.7 Å². The molecule has 0 saturated carbocycles. The monoisotopic (exact) mass is 392 g/mol. The van der Waals surface area contributed by atoms with Gasteiger partial charge in [0.1, 0.15) is 12.1 Å². The van der Waals surface area contributed by atoms with Gasteiger partial charge in [0.2, 0.25) is 0 Å². The Kier molecular flexibility index (Phi) is 6.35. The van der Waals surface area contributed by atoms with Crippen LogP contribution in [0.2, 0.25) is 5.02 Å². The minimum Gasteiger partial charge on any atom is -0.460 e. The molecule has 3 rings (SSSR count). The molecule has 140 valence electrons. The lowest BCUT2D eigenvalue weighted by Gasteiger charge is -2.34. The summed E-state index contributed by atoms with van der Waals surface area (Å²) < 4.78 is 5.78. The number of ether oxygens (including phenoxy) is 1. The van der Waals surface area contributed by atoms with Gasteiger partial charge in [-0.2, -0.15) is 0 Å². The highest BCUT2D eigenvalue weighted by atomic mass is 35.5. The summed E-state index contributed by atoms with van der Waals surface area (Å²) in [5.74, 6) is -0.230. The number of fused-ring (bicyclic) bond motifs is 1. The Morgan fingerprint density at radius 1 is 1.35 bits per heavy atom. The molecule has 0 bridgehead atoms. The number of hydrogen-bond acceptors (Lipinski definition) is 5. The largest absolute Gasteiger partial charge is 0.460 e. The van der Waals surface area contributed by atoms with Gasteiger partial charge in [-0.25, -0.2) is 4.79 Å². The first-order valence-corrected chi connectivity index (χ1v) is 10.1. The number of thiophene rings is 1. The predicted octanol–water partition coefficient (Wildman–Crippen LogP) is 3.99. The van der Waals surface area contributed by atoms with Gasteiger partial charge < -0.3 is 9.64 Å². The van der Waals surface area contributed by atoms with Crippen LogP contribution >= 0.6 is 22.9 Å². The molecule has 4 nitrogen and oxygen atoms in total. The molecule has 0 spiro atoms. The van der Waals surface area contributed by atoms with Crippen molar-refractivity contribution >= 4 is 28.9 Å². The van der Waals surface area contributed by atoms with E-state index in [1.807, 2.05) is 50.2 Å². The molecule has 1 aliphatic rings. The van der Waals surface area contributed by atoms with Crippen LogP contribution in [-0.4, -0.2) is 49.1 Å². The Balaban J connectivity index is 1.85. The molecule has 1 aromatic heterocycles. The van der Waals surface area contributed by atoms with Gasteiger partial charge in [-0.1, -0.05) is 29.8 Å². The number of likely N-dealkylation sites (N-methyl/N-ethyl adjacent to an activating group) is 1. The van der Waals surface area contributed by atoms with E-state index in [4.69, 9.17) is 16.3 Å². The number of hydrogen-bond donors (Lipinski definition) is 0. The second kappa shape index (κ2) is 8.53. The highest BCUT2D eigenvalue weighted by Crippen LogP contribution is 2.34. The van der Waals surface area contributed by atoms with Crippen molar-refractivity contribution in [3.8, 4) is 0 Å².